The van der Waals surface area contributed by atoms with Gasteiger partial charge < -0.3 is 5.11 Å². The molecule has 0 bridgehead atoms. The summed E-state index contributed by atoms with van der Waals surface area (Å²) in [6, 6.07) is 0. The van der Waals surface area contributed by atoms with E-state index in [0.29, 0.717) is 5.76 Å². The summed E-state index contributed by atoms with van der Waals surface area (Å²) in [6.45, 7) is 5.84. The van der Waals surface area contributed by atoms with E-state index < -0.39 is 0 Å². The average molecular weight is 138 g/mol. The van der Waals surface area contributed by atoms with E-state index in [1.807, 2.05) is 6.92 Å². The molecule has 1 rings (SSSR count). The molecule has 0 aromatic rings. The second kappa shape index (κ2) is 2.91. The molecule has 0 saturated carbocycles. The van der Waals surface area contributed by atoms with Gasteiger partial charge in [0.1, 0.15) is 0 Å². The van der Waals surface area contributed by atoms with Crippen molar-refractivity contribution in [2.24, 2.45) is 0 Å². The Balaban J connectivity index is 2.79. The average Bonchev–Trinajstić information content (AvgIpc) is 2.04. The SMILES string of the molecule is C=C1CCCCC(O)=C1C. The van der Waals surface area contributed by atoms with Crippen LogP contribution in [0.2, 0.25) is 0 Å². The predicted octanol–water partition coefficient (Wildman–Crippen LogP) is 2.95. The van der Waals surface area contributed by atoms with Crippen LogP contribution in [-0.2, 0) is 0 Å². The van der Waals surface area contributed by atoms with Crippen molar-refractivity contribution in [2.45, 2.75) is 32.6 Å². The number of aliphatic hydroxyl groups is 1. The van der Waals surface area contributed by atoms with Crippen LogP contribution < -0.4 is 0 Å². The normalized spacial score (nSPS) is 21.1. The van der Waals surface area contributed by atoms with Gasteiger partial charge in [-0.15, -0.1) is 0 Å². The molecule has 1 aliphatic rings. The Labute approximate surface area is 62.1 Å². The molecule has 0 saturated heterocycles. The first-order chi connectivity index (χ1) is 4.72. The lowest BCUT2D eigenvalue weighted by Gasteiger charge is -2.01. The van der Waals surface area contributed by atoms with E-state index in [2.05, 4.69) is 6.58 Å². The zero-order valence-electron chi connectivity index (χ0n) is 6.48. The van der Waals surface area contributed by atoms with Crippen LogP contribution in [0.1, 0.15) is 32.6 Å². The molecule has 1 aliphatic carbocycles. The van der Waals surface area contributed by atoms with Gasteiger partial charge in [-0.2, -0.15) is 0 Å². The molecule has 0 radical (unpaired) electrons. The topological polar surface area (TPSA) is 20.2 Å². The van der Waals surface area contributed by atoms with E-state index in [4.69, 9.17) is 0 Å². The first kappa shape index (κ1) is 7.39. The Morgan fingerprint density at radius 3 is 2.60 bits per heavy atom. The van der Waals surface area contributed by atoms with Gasteiger partial charge in [-0.05, 0) is 37.3 Å². The Morgan fingerprint density at radius 1 is 1.30 bits per heavy atom. The molecule has 0 atom stereocenters. The van der Waals surface area contributed by atoms with Crippen LogP contribution in [0, 0.1) is 0 Å². The van der Waals surface area contributed by atoms with Crippen molar-refractivity contribution in [2.75, 3.05) is 0 Å². The second-order valence-electron chi connectivity index (χ2n) is 2.88. The minimum absolute atomic E-state index is 0.544. The molecule has 0 fully saturated rings. The van der Waals surface area contributed by atoms with E-state index in [1.54, 1.807) is 0 Å². The van der Waals surface area contributed by atoms with Crippen molar-refractivity contribution in [1.82, 2.24) is 0 Å². The Bertz CT molecular complexity index is 177. The lowest BCUT2D eigenvalue weighted by molar-refractivity contribution is 0.380. The van der Waals surface area contributed by atoms with Crippen LogP contribution in [0.25, 0.3) is 0 Å². The summed E-state index contributed by atoms with van der Waals surface area (Å²) in [4.78, 5) is 0. The molecule has 0 spiro atoms. The van der Waals surface area contributed by atoms with Gasteiger partial charge in [0.25, 0.3) is 0 Å². The van der Waals surface area contributed by atoms with Crippen LogP contribution in [0.15, 0.2) is 23.5 Å². The fraction of sp³-hybridized carbons (Fsp3) is 0.556. The molecule has 0 aromatic heterocycles. The summed E-state index contributed by atoms with van der Waals surface area (Å²) in [5.74, 6) is 0.544. The van der Waals surface area contributed by atoms with Gasteiger partial charge in [-0.1, -0.05) is 6.58 Å². The molecule has 1 nitrogen and oxygen atoms in total. The highest BCUT2D eigenvalue weighted by molar-refractivity contribution is 5.29. The molecular formula is C9H14O. The minimum atomic E-state index is 0.544. The van der Waals surface area contributed by atoms with Gasteiger partial charge in [-0.25, -0.2) is 0 Å². The van der Waals surface area contributed by atoms with Gasteiger partial charge in [-0.3, -0.25) is 0 Å². The minimum Gasteiger partial charge on any atom is -0.512 e. The molecule has 0 aliphatic heterocycles. The highest BCUT2D eigenvalue weighted by Gasteiger charge is 2.08. The third-order valence-electron chi connectivity index (χ3n) is 2.11. The van der Waals surface area contributed by atoms with Crippen molar-refractivity contribution in [3.8, 4) is 0 Å². The molecule has 56 valence electrons. The van der Waals surface area contributed by atoms with E-state index in [0.717, 1.165) is 30.4 Å². The third-order valence-corrected chi connectivity index (χ3v) is 2.11. The van der Waals surface area contributed by atoms with Gasteiger partial charge in [0.15, 0.2) is 0 Å². The maximum Gasteiger partial charge on any atom is 0.0954 e. The largest absolute Gasteiger partial charge is 0.512 e. The first-order valence-corrected chi connectivity index (χ1v) is 3.78. The quantitative estimate of drug-likeness (QED) is 0.545. The van der Waals surface area contributed by atoms with E-state index in [9.17, 15) is 5.11 Å². The lowest BCUT2D eigenvalue weighted by atomic mass is 10.1. The van der Waals surface area contributed by atoms with Crippen LogP contribution in [0.5, 0.6) is 0 Å². The molecule has 0 unspecified atom stereocenters. The van der Waals surface area contributed by atoms with Gasteiger partial charge in [0.05, 0.1) is 5.76 Å². The first-order valence-electron chi connectivity index (χ1n) is 3.78. The zero-order chi connectivity index (χ0) is 7.56. The number of rotatable bonds is 0. The maximum absolute atomic E-state index is 9.35. The maximum atomic E-state index is 9.35. The van der Waals surface area contributed by atoms with Crippen LogP contribution in [-0.4, -0.2) is 5.11 Å². The molecule has 1 heteroatoms. The number of hydrogen-bond donors (Lipinski definition) is 1. The van der Waals surface area contributed by atoms with Crippen molar-refractivity contribution in [3.63, 3.8) is 0 Å². The summed E-state index contributed by atoms with van der Waals surface area (Å²) in [5, 5.41) is 9.35. The highest BCUT2D eigenvalue weighted by atomic mass is 16.3. The third kappa shape index (κ3) is 1.41. The highest BCUT2D eigenvalue weighted by Crippen LogP contribution is 2.24. The van der Waals surface area contributed by atoms with Crippen molar-refractivity contribution < 1.29 is 5.11 Å². The summed E-state index contributed by atoms with van der Waals surface area (Å²) in [6.07, 6.45) is 4.16. The molecule has 0 aromatic carbocycles. The van der Waals surface area contributed by atoms with E-state index >= 15 is 0 Å². The number of hydrogen-bond acceptors (Lipinski definition) is 1. The summed E-state index contributed by atoms with van der Waals surface area (Å²) >= 11 is 0. The van der Waals surface area contributed by atoms with Gasteiger partial charge >= 0.3 is 0 Å². The standard InChI is InChI=1S/C9H14O/c1-7-5-3-4-6-9(10)8(7)2/h10H,1,3-6H2,2H3. The molecule has 10 heavy (non-hydrogen) atoms. The van der Waals surface area contributed by atoms with Gasteiger partial charge in [0, 0.05) is 6.42 Å². The monoisotopic (exact) mass is 138 g/mol. The van der Waals surface area contributed by atoms with E-state index in [1.165, 1.54) is 6.42 Å². The fourth-order valence-electron chi connectivity index (χ4n) is 1.21. The van der Waals surface area contributed by atoms with Gasteiger partial charge in [0.2, 0.25) is 0 Å². The van der Waals surface area contributed by atoms with Crippen LogP contribution >= 0.6 is 0 Å². The Morgan fingerprint density at radius 2 is 1.90 bits per heavy atom. The van der Waals surface area contributed by atoms with Crippen molar-refractivity contribution in [1.29, 1.82) is 0 Å². The summed E-state index contributed by atoms with van der Waals surface area (Å²) < 4.78 is 0. The van der Waals surface area contributed by atoms with Crippen LogP contribution in [0.3, 0.4) is 0 Å². The summed E-state index contributed by atoms with van der Waals surface area (Å²) in [5.41, 5.74) is 2.12. The zero-order valence-corrected chi connectivity index (χ0v) is 6.48. The number of aliphatic hydroxyl groups excluding tert-OH is 1. The summed E-state index contributed by atoms with van der Waals surface area (Å²) in [7, 11) is 0. The number of allylic oxidation sites excluding steroid dienone is 3. The van der Waals surface area contributed by atoms with Crippen LogP contribution in [0.4, 0.5) is 0 Å². The lowest BCUT2D eigenvalue weighted by Crippen LogP contribution is -1.85. The Kier molecular flexibility index (Phi) is 2.15. The molecule has 1 N–H and O–H groups in total. The smallest absolute Gasteiger partial charge is 0.0954 e. The van der Waals surface area contributed by atoms with Crippen molar-refractivity contribution in [3.05, 3.63) is 23.5 Å². The van der Waals surface area contributed by atoms with Crippen molar-refractivity contribution >= 4 is 0 Å². The predicted molar refractivity (Wildman–Crippen MR) is 42.9 cm³/mol. The molecular weight excluding hydrogens is 124 g/mol. The second-order valence-corrected chi connectivity index (χ2v) is 2.88. The molecule has 0 heterocycles. The Hall–Kier alpha value is -0.720. The fourth-order valence-corrected chi connectivity index (χ4v) is 1.21. The van der Waals surface area contributed by atoms with E-state index in [-0.39, 0.29) is 0 Å². The molecule has 0 amide bonds.